The van der Waals surface area contributed by atoms with E-state index in [-0.39, 0.29) is 38.0 Å². The molecular weight excluding hydrogens is 384 g/mol. The van der Waals surface area contributed by atoms with Crippen molar-refractivity contribution in [1.82, 2.24) is 0 Å². The number of aliphatic hydroxyl groups is 2. The Morgan fingerprint density at radius 2 is 0.967 bits per heavy atom. The summed E-state index contributed by atoms with van der Waals surface area (Å²) >= 11 is 0. The fraction of sp³-hybridized carbons (Fsp3) is 0.917. The van der Waals surface area contributed by atoms with E-state index in [0.29, 0.717) is 12.8 Å². The average molecular weight is 431 g/mol. The van der Waals surface area contributed by atoms with Gasteiger partial charge in [0.15, 0.2) is 0 Å². The summed E-state index contributed by atoms with van der Waals surface area (Å²) in [5.41, 5.74) is 0. The van der Waals surface area contributed by atoms with Crippen molar-refractivity contribution in [3.8, 4) is 0 Å². The van der Waals surface area contributed by atoms with Crippen molar-refractivity contribution < 1.29 is 29.3 Å². The van der Waals surface area contributed by atoms with E-state index in [1.807, 2.05) is 0 Å². The molecule has 6 heteroatoms. The van der Waals surface area contributed by atoms with Crippen molar-refractivity contribution in [1.29, 1.82) is 0 Å². The Kier molecular flexibility index (Phi) is 20.3. The fourth-order valence-corrected chi connectivity index (χ4v) is 3.28. The summed E-state index contributed by atoms with van der Waals surface area (Å²) in [6.07, 6.45) is 13.1. The summed E-state index contributed by atoms with van der Waals surface area (Å²) in [7, 11) is 0. The number of aliphatic hydroxyl groups excluding tert-OH is 2. The first kappa shape index (κ1) is 28.9. The third-order valence-electron chi connectivity index (χ3n) is 5.25. The zero-order valence-electron chi connectivity index (χ0n) is 19.4. The van der Waals surface area contributed by atoms with Gasteiger partial charge in [0.2, 0.25) is 0 Å². The Morgan fingerprint density at radius 1 is 0.600 bits per heavy atom. The van der Waals surface area contributed by atoms with Gasteiger partial charge in [-0.1, -0.05) is 78.1 Å². The molecule has 0 bridgehead atoms. The monoisotopic (exact) mass is 430 g/mol. The molecule has 178 valence electrons. The van der Waals surface area contributed by atoms with Gasteiger partial charge in [-0.05, 0) is 25.7 Å². The van der Waals surface area contributed by atoms with E-state index in [4.69, 9.17) is 9.47 Å². The van der Waals surface area contributed by atoms with Crippen LogP contribution in [0.15, 0.2) is 0 Å². The van der Waals surface area contributed by atoms with Crippen molar-refractivity contribution in [2.45, 2.75) is 129 Å². The Bertz CT molecular complexity index is 375. The van der Waals surface area contributed by atoms with E-state index in [1.54, 1.807) is 0 Å². The fourth-order valence-electron chi connectivity index (χ4n) is 3.28. The molecule has 0 aliphatic carbocycles. The first-order chi connectivity index (χ1) is 14.5. The van der Waals surface area contributed by atoms with Gasteiger partial charge in [-0.15, -0.1) is 0 Å². The normalized spacial score (nSPS) is 13.1. The maximum atomic E-state index is 11.7. The quantitative estimate of drug-likeness (QED) is 0.195. The lowest BCUT2D eigenvalue weighted by Gasteiger charge is -2.11. The molecule has 0 aromatic heterocycles. The van der Waals surface area contributed by atoms with Gasteiger partial charge < -0.3 is 19.7 Å². The predicted octanol–water partition coefficient (Wildman–Crippen LogP) is 5.08. The lowest BCUT2D eigenvalue weighted by molar-refractivity contribution is -0.152. The molecule has 2 atom stereocenters. The molecule has 2 N–H and O–H groups in total. The smallest absolute Gasteiger partial charge is 0.306 e. The van der Waals surface area contributed by atoms with Gasteiger partial charge in [0.1, 0.15) is 13.2 Å². The largest absolute Gasteiger partial charge is 0.462 e. The van der Waals surface area contributed by atoms with Crippen LogP contribution in [0.3, 0.4) is 0 Å². The zero-order valence-corrected chi connectivity index (χ0v) is 19.4. The van der Waals surface area contributed by atoms with Gasteiger partial charge in [-0.2, -0.15) is 0 Å². The average Bonchev–Trinajstić information content (AvgIpc) is 2.73. The minimum Gasteiger partial charge on any atom is -0.462 e. The van der Waals surface area contributed by atoms with Crippen molar-refractivity contribution in [2.75, 3.05) is 13.2 Å². The number of unbranched alkanes of at least 4 members (excludes halogenated alkanes) is 8. The van der Waals surface area contributed by atoms with Crippen LogP contribution in [0.25, 0.3) is 0 Å². The van der Waals surface area contributed by atoms with E-state index in [9.17, 15) is 19.8 Å². The summed E-state index contributed by atoms with van der Waals surface area (Å²) in [4.78, 5) is 23.4. The molecule has 0 radical (unpaired) electrons. The third-order valence-corrected chi connectivity index (χ3v) is 5.25. The van der Waals surface area contributed by atoms with Gasteiger partial charge >= 0.3 is 11.9 Å². The molecule has 0 aromatic carbocycles. The van der Waals surface area contributed by atoms with E-state index in [1.165, 1.54) is 38.5 Å². The Hall–Kier alpha value is -1.14. The van der Waals surface area contributed by atoms with E-state index in [0.717, 1.165) is 38.5 Å². The second kappa shape index (κ2) is 21.1. The Morgan fingerprint density at radius 3 is 1.33 bits per heavy atom. The molecule has 30 heavy (non-hydrogen) atoms. The molecule has 6 nitrogen and oxygen atoms in total. The summed E-state index contributed by atoms with van der Waals surface area (Å²) in [6.45, 7) is 4.39. The molecule has 0 aromatic rings. The molecule has 0 heterocycles. The van der Waals surface area contributed by atoms with Gasteiger partial charge in [-0.25, -0.2) is 0 Å². The van der Waals surface area contributed by atoms with Crippen LogP contribution >= 0.6 is 0 Å². The van der Waals surface area contributed by atoms with Gasteiger partial charge in [-0.3, -0.25) is 9.59 Å². The molecule has 0 aliphatic heterocycles. The summed E-state index contributed by atoms with van der Waals surface area (Å²) in [5, 5.41) is 19.8. The second-order valence-electron chi connectivity index (χ2n) is 8.23. The highest BCUT2D eigenvalue weighted by molar-refractivity contribution is 5.70. The van der Waals surface area contributed by atoms with Gasteiger partial charge in [0.25, 0.3) is 0 Å². The molecule has 0 amide bonds. The number of hydrogen-bond acceptors (Lipinski definition) is 6. The first-order valence-electron chi connectivity index (χ1n) is 12.2. The highest BCUT2D eigenvalue weighted by Crippen LogP contribution is 2.12. The lowest BCUT2D eigenvalue weighted by Crippen LogP contribution is -2.17. The van der Waals surface area contributed by atoms with Gasteiger partial charge in [0.05, 0.1) is 12.2 Å². The third kappa shape index (κ3) is 20.1. The van der Waals surface area contributed by atoms with Crippen LogP contribution in [0.5, 0.6) is 0 Å². The van der Waals surface area contributed by atoms with Crippen LogP contribution < -0.4 is 0 Å². The number of ether oxygens (including phenoxy) is 2. The Labute approximate surface area is 183 Å². The summed E-state index contributed by atoms with van der Waals surface area (Å²) in [5.74, 6) is -0.760. The van der Waals surface area contributed by atoms with Crippen molar-refractivity contribution in [2.24, 2.45) is 0 Å². The standard InChI is InChI=1S/C24H46O6/c1-3-5-7-9-11-13-21(25)15-17-23(27)29-19-20-30-24(28)18-16-22(26)14-12-10-8-6-4-2/h21-22,25-26H,3-20H2,1-2H3. The molecule has 0 fully saturated rings. The van der Waals surface area contributed by atoms with Crippen LogP contribution in [0, 0.1) is 0 Å². The number of esters is 2. The van der Waals surface area contributed by atoms with Crippen LogP contribution in [-0.2, 0) is 19.1 Å². The summed E-state index contributed by atoms with van der Waals surface area (Å²) < 4.78 is 10.1. The molecule has 0 saturated carbocycles. The topological polar surface area (TPSA) is 93.1 Å². The van der Waals surface area contributed by atoms with Crippen LogP contribution in [0.4, 0.5) is 0 Å². The number of carbonyl (C=O) groups excluding carboxylic acids is 2. The van der Waals surface area contributed by atoms with E-state index >= 15 is 0 Å². The number of carbonyl (C=O) groups is 2. The first-order valence-corrected chi connectivity index (χ1v) is 12.2. The molecule has 2 unspecified atom stereocenters. The van der Waals surface area contributed by atoms with Crippen molar-refractivity contribution in [3.05, 3.63) is 0 Å². The minimum atomic E-state index is -0.463. The highest BCUT2D eigenvalue weighted by atomic mass is 16.6. The van der Waals surface area contributed by atoms with E-state index in [2.05, 4.69) is 13.8 Å². The van der Waals surface area contributed by atoms with E-state index < -0.39 is 12.2 Å². The maximum absolute atomic E-state index is 11.7. The maximum Gasteiger partial charge on any atom is 0.306 e. The molecule has 0 saturated heterocycles. The lowest BCUT2D eigenvalue weighted by atomic mass is 10.1. The van der Waals surface area contributed by atoms with Crippen molar-refractivity contribution in [3.63, 3.8) is 0 Å². The Balaban J connectivity index is 3.55. The van der Waals surface area contributed by atoms with Crippen LogP contribution in [0.1, 0.15) is 117 Å². The van der Waals surface area contributed by atoms with Gasteiger partial charge in [0, 0.05) is 12.8 Å². The zero-order chi connectivity index (χ0) is 22.5. The minimum absolute atomic E-state index is 0.0255. The molecule has 0 spiro atoms. The SMILES string of the molecule is CCCCCCCC(O)CCC(=O)OCCOC(=O)CCC(O)CCCCCCC. The van der Waals surface area contributed by atoms with Crippen LogP contribution in [0.2, 0.25) is 0 Å². The van der Waals surface area contributed by atoms with Crippen molar-refractivity contribution >= 4 is 11.9 Å². The molecule has 0 rings (SSSR count). The predicted molar refractivity (Wildman–Crippen MR) is 119 cm³/mol. The number of hydrogen-bond donors (Lipinski definition) is 2. The second-order valence-corrected chi connectivity index (χ2v) is 8.23. The molecular formula is C24H46O6. The molecule has 0 aliphatic rings. The summed E-state index contributed by atoms with van der Waals surface area (Å²) in [6, 6.07) is 0. The number of rotatable bonds is 21. The van der Waals surface area contributed by atoms with Crippen LogP contribution in [-0.4, -0.2) is 47.6 Å². The highest BCUT2D eigenvalue weighted by Gasteiger charge is 2.11.